The van der Waals surface area contributed by atoms with Gasteiger partial charge in [-0.25, -0.2) is 0 Å². The Morgan fingerprint density at radius 1 is 1.31 bits per heavy atom. The van der Waals surface area contributed by atoms with E-state index in [1.165, 1.54) is 11.1 Å². The summed E-state index contributed by atoms with van der Waals surface area (Å²) in [4.78, 5) is 11.1. The van der Waals surface area contributed by atoms with Crippen LogP contribution in [0.4, 0.5) is 0 Å². The van der Waals surface area contributed by atoms with Crippen molar-refractivity contribution in [3.05, 3.63) is 41.6 Å². The van der Waals surface area contributed by atoms with E-state index in [0.29, 0.717) is 0 Å². The van der Waals surface area contributed by atoms with E-state index in [0.717, 1.165) is 25.2 Å². The molecule has 0 spiro atoms. The van der Waals surface area contributed by atoms with Gasteiger partial charge in [-0.2, -0.15) is 0 Å². The molecule has 0 bridgehead atoms. The molecule has 1 heterocycles. The van der Waals surface area contributed by atoms with E-state index < -0.39 is 0 Å². The minimum absolute atomic E-state index is 0.00729. The van der Waals surface area contributed by atoms with Crippen molar-refractivity contribution in [2.45, 2.75) is 13.3 Å². The first kappa shape index (κ1) is 10.9. The Kier molecular flexibility index (Phi) is 3.37. The fourth-order valence-corrected chi connectivity index (χ4v) is 1.97. The molecular weight excluding hydrogens is 200 g/mol. The number of amides is 1. The fraction of sp³-hybridized carbons (Fsp3) is 0.308. The van der Waals surface area contributed by atoms with Crippen molar-refractivity contribution in [1.82, 2.24) is 10.6 Å². The van der Waals surface area contributed by atoms with Crippen molar-refractivity contribution in [2.75, 3.05) is 13.1 Å². The number of nitrogens with one attached hydrogen (secondary N) is 2. The Morgan fingerprint density at radius 2 is 2.06 bits per heavy atom. The van der Waals surface area contributed by atoms with Gasteiger partial charge in [-0.15, -0.1) is 0 Å². The number of hydrogen-bond donors (Lipinski definition) is 2. The SMILES string of the molecule is CC(=O)NC1=C(c2ccccc2)CCNC1. The van der Waals surface area contributed by atoms with Crippen LogP contribution in [-0.2, 0) is 4.79 Å². The molecule has 0 atom stereocenters. The van der Waals surface area contributed by atoms with Crippen LogP contribution in [0.3, 0.4) is 0 Å². The van der Waals surface area contributed by atoms with E-state index in [9.17, 15) is 4.79 Å². The summed E-state index contributed by atoms with van der Waals surface area (Å²) < 4.78 is 0. The molecule has 1 aromatic carbocycles. The summed E-state index contributed by atoms with van der Waals surface area (Å²) in [5.74, 6) is -0.00729. The van der Waals surface area contributed by atoms with Crippen LogP contribution in [0.5, 0.6) is 0 Å². The third-order valence-corrected chi connectivity index (χ3v) is 2.67. The van der Waals surface area contributed by atoms with Gasteiger partial charge in [0.05, 0.1) is 0 Å². The van der Waals surface area contributed by atoms with E-state index in [-0.39, 0.29) is 5.91 Å². The van der Waals surface area contributed by atoms with Crippen molar-refractivity contribution >= 4 is 11.5 Å². The highest BCUT2D eigenvalue weighted by atomic mass is 16.1. The highest BCUT2D eigenvalue weighted by molar-refractivity contribution is 5.80. The smallest absolute Gasteiger partial charge is 0.221 e. The molecule has 0 saturated carbocycles. The standard InChI is InChI=1S/C13H16N2O/c1-10(16)15-13-9-14-8-7-12(13)11-5-3-2-4-6-11/h2-6,14H,7-9H2,1H3,(H,15,16). The Labute approximate surface area is 95.6 Å². The van der Waals surface area contributed by atoms with Gasteiger partial charge in [-0.3, -0.25) is 4.79 Å². The van der Waals surface area contributed by atoms with Crippen LogP contribution in [0.1, 0.15) is 18.9 Å². The predicted molar refractivity (Wildman–Crippen MR) is 64.7 cm³/mol. The summed E-state index contributed by atoms with van der Waals surface area (Å²) in [5.41, 5.74) is 3.45. The average molecular weight is 216 g/mol. The molecule has 2 N–H and O–H groups in total. The number of carbonyl (C=O) groups is 1. The maximum Gasteiger partial charge on any atom is 0.221 e. The van der Waals surface area contributed by atoms with Crippen LogP contribution in [0, 0.1) is 0 Å². The van der Waals surface area contributed by atoms with Crippen LogP contribution in [0.15, 0.2) is 36.0 Å². The molecule has 0 fully saturated rings. The molecule has 0 aliphatic carbocycles. The number of benzene rings is 1. The first-order chi connectivity index (χ1) is 7.77. The van der Waals surface area contributed by atoms with Crippen LogP contribution in [0.25, 0.3) is 5.57 Å². The number of rotatable bonds is 2. The van der Waals surface area contributed by atoms with Crippen LogP contribution >= 0.6 is 0 Å². The highest BCUT2D eigenvalue weighted by Gasteiger charge is 2.14. The maximum atomic E-state index is 11.1. The molecule has 2 rings (SSSR count). The lowest BCUT2D eigenvalue weighted by Gasteiger charge is -2.21. The molecule has 16 heavy (non-hydrogen) atoms. The monoisotopic (exact) mass is 216 g/mol. The first-order valence-electron chi connectivity index (χ1n) is 5.53. The van der Waals surface area contributed by atoms with Crippen molar-refractivity contribution in [2.24, 2.45) is 0 Å². The molecule has 3 nitrogen and oxygen atoms in total. The first-order valence-corrected chi connectivity index (χ1v) is 5.53. The fourth-order valence-electron chi connectivity index (χ4n) is 1.97. The van der Waals surface area contributed by atoms with E-state index in [1.807, 2.05) is 18.2 Å². The molecular formula is C13H16N2O. The minimum Gasteiger partial charge on any atom is -0.328 e. The van der Waals surface area contributed by atoms with Crippen LogP contribution in [0.2, 0.25) is 0 Å². The van der Waals surface area contributed by atoms with Crippen molar-refractivity contribution in [3.8, 4) is 0 Å². The second-order valence-electron chi connectivity index (χ2n) is 3.93. The second kappa shape index (κ2) is 4.94. The zero-order valence-electron chi connectivity index (χ0n) is 9.42. The molecule has 0 radical (unpaired) electrons. The summed E-state index contributed by atoms with van der Waals surface area (Å²) in [6.07, 6.45) is 0.958. The van der Waals surface area contributed by atoms with Gasteiger partial charge in [-0.1, -0.05) is 30.3 Å². The quantitative estimate of drug-likeness (QED) is 0.787. The molecule has 1 aromatic rings. The third kappa shape index (κ3) is 2.49. The zero-order valence-corrected chi connectivity index (χ0v) is 9.42. The zero-order chi connectivity index (χ0) is 11.4. The van der Waals surface area contributed by atoms with Gasteiger partial charge in [0.2, 0.25) is 5.91 Å². The van der Waals surface area contributed by atoms with E-state index in [1.54, 1.807) is 6.92 Å². The Hall–Kier alpha value is -1.61. The molecule has 84 valence electrons. The Balaban J connectivity index is 2.33. The summed E-state index contributed by atoms with van der Waals surface area (Å²) in [5, 5.41) is 6.18. The third-order valence-electron chi connectivity index (χ3n) is 2.67. The van der Waals surface area contributed by atoms with Gasteiger partial charge in [0.15, 0.2) is 0 Å². The van der Waals surface area contributed by atoms with E-state index >= 15 is 0 Å². The summed E-state index contributed by atoms with van der Waals surface area (Å²) >= 11 is 0. The number of hydrogen-bond acceptors (Lipinski definition) is 2. The van der Waals surface area contributed by atoms with Crippen molar-refractivity contribution in [3.63, 3.8) is 0 Å². The highest BCUT2D eigenvalue weighted by Crippen LogP contribution is 2.22. The van der Waals surface area contributed by atoms with Gasteiger partial charge in [0.25, 0.3) is 0 Å². The molecule has 1 aliphatic rings. The summed E-state index contributed by atoms with van der Waals surface area (Å²) in [7, 11) is 0. The average Bonchev–Trinajstić information content (AvgIpc) is 2.30. The molecule has 1 aliphatic heterocycles. The normalized spacial score (nSPS) is 16.1. The largest absolute Gasteiger partial charge is 0.328 e. The molecule has 0 unspecified atom stereocenters. The van der Waals surface area contributed by atoms with Gasteiger partial charge in [0, 0.05) is 19.2 Å². The van der Waals surface area contributed by atoms with Gasteiger partial charge in [-0.05, 0) is 24.1 Å². The molecule has 1 amide bonds. The van der Waals surface area contributed by atoms with Gasteiger partial charge < -0.3 is 10.6 Å². The molecule has 3 heteroatoms. The molecule has 0 aromatic heterocycles. The van der Waals surface area contributed by atoms with E-state index in [2.05, 4.69) is 22.8 Å². The summed E-state index contributed by atoms with van der Waals surface area (Å²) in [6, 6.07) is 10.2. The number of carbonyl (C=O) groups excluding carboxylic acids is 1. The van der Waals surface area contributed by atoms with Crippen LogP contribution < -0.4 is 10.6 Å². The lowest BCUT2D eigenvalue weighted by molar-refractivity contribution is -0.118. The van der Waals surface area contributed by atoms with E-state index in [4.69, 9.17) is 0 Å². The van der Waals surface area contributed by atoms with Gasteiger partial charge in [0.1, 0.15) is 0 Å². The minimum atomic E-state index is -0.00729. The van der Waals surface area contributed by atoms with Crippen molar-refractivity contribution < 1.29 is 4.79 Å². The Morgan fingerprint density at radius 3 is 2.75 bits per heavy atom. The Bertz CT molecular complexity index is 409. The molecule has 0 saturated heterocycles. The second-order valence-corrected chi connectivity index (χ2v) is 3.93. The van der Waals surface area contributed by atoms with Crippen LogP contribution in [-0.4, -0.2) is 19.0 Å². The topological polar surface area (TPSA) is 41.1 Å². The maximum absolute atomic E-state index is 11.1. The van der Waals surface area contributed by atoms with Crippen molar-refractivity contribution in [1.29, 1.82) is 0 Å². The lowest BCUT2D eigenvalue weighted by Crippen LogP contribution is -2.33. The van der Waals surface area contributed by atoms with Gasteiger partial charge >= 0.3 is 0 Å². The summed E-state index contributed by atoms with van der Waals surface area (Å²) in [6.45, 7) is 3.25. The predicted octanol–water partition coefficient (Wildman–Crippen LogP) is 1.53. The lowest BCUT2D eigenvalue weighted by atomic mass is 9.98.